The molecular weight excluding hydrogens is 359 g/mol. The highest BCUT2D eigenvalue weighted by Gasteiger charge is 2.33. The fourth-order valence-electron chi connectivity index (χ4n) is 3.24. The van der Waals surface area contributed by atoms with Gasteiger partial charge in [-0.15, -0.1) is 0 Å². The lowest BCUT2D eigenvalue weighted by atomic mass is 10.0. The van der Waals surface area contributed by atoms with Gasteiger partial charge in [0.1, 0.15) is 6.54 Å². The van der Waals surface area contributed by atoms with Crippen molar-refractivity contribution in [3.05, 3.63) is 70.1 Å². The smallest absolute Gasteiger partial charge is 0.332 e. The number of aromatic nitrogens is 1. The lowest BCUT2D eigenvalue weighted by molar-refractivity contribution is -0.140. The van der Waals surface area contributed by atoms with Crippen molar-refractivity contribution in [2.75, 3.05) is 26.7 Å². The van der Waals surface area contributed by atoms with E-state index in [4.69, 9.17) is 0 Å². The van der Waals surface area contributed by atoms with Gasteiger partial charge in [-0.3, -0.25) is 9.59 Å². The third kappa shape index (κ3) is 4.39. The number of hydrogen-bond acceptors (Lipinski definition) is 3. The van der Waals surface area contributed by atoms with E-state index in [1.54, 1.807) is 4.90 Å². The van der Waals surface area contributed by atoms with Gasteiger partial charge in [0.2, 0.25) is 5.91 Å². The lowest BCUT2D eigenvalue weighted by Crippen LogP contribution is -2.50. The molecule has 1 saturated heterocycles. The van der Waals surface area contributed by atoms with Crippen LogP contribution in [0.15, 0.2) is 53.5 Å². The average molecular weight is 379 g/mol. The second-order valence-electron chi connectivity index (χ2n) is 6.66. The Morgan fingerprint density at radius 3 is 2.48 bits per heavy atom. The Hall–Kier alpha value is -2.61. The fraction of sp³-hybridized carbons (Fsp3) is 0.368. The molecule has 5 nitrogen and oxygen atoms in total. The van der Waals surface area contributed by atoms with E-state index in [9.17, 15) is 22.8 Å². The highest BCUT2D eigenvalue weighted by molar-refractivity contribution is 5.76. The van der Waals surface area contributed by atoms with Crippen molar-refractivity contribution in [3.63, 3.8) is 0 Å². The Morgan fingerprint density at radius 2 is 1.81 bits per heavy atom. The molecule has 0 spiro atoms. The van der Waals surface area contributed by atoms with Crippen LogP contribution in [-0.4, -0.2) is 47.0 Å². The molecule has 1 atom stereocenters. The standard InChI is InChI=1S/C19H20F3N3O2/c1-23-9-10-25(16(12-23)14-5-3-2-4-6-14)18(27)13-24-11-15(19(20,21)22)7-8-17(24)26/h2-8,11,16H,9-10,12-13H2,1H3. The minimum absolute atomic E-state index is 0.209. The fourth-order valence-corrected chi connectivity index (χ4v) is 3.24. The maximum absolute atomic E-state index is 12.9. The summed E-state index contributed by atoms with van der Waals surface area (Å²) in [6.07, 6.45) is -3.87. The molecule has 144 valence electrons. The molecule has 1 aromatic heterocycles. The van der Waals surface area contributed by atoms with Crippen molar-refractivity contribution in [1.82, 2.24) is 14.4 Å². The topological polar surface area (TPSA) is 45.5 Å². The number of hydrogen-bond donors (Lipinski definition) is 0. The number of halogens is 3. The zero-order valence-corrected chi connectivity index (χ0v) is 14.8. The SMILES string of the molecule is CN1CCN(C(=O)Cn2cc(C(F)(F)F)ccc2=O)C(c2ccccc2)C1. The van der Waals surface area contributed by atoms with Crippen LogP contribution in [0.4, 0.5) is 13.2 Å². The Kier molecular flexibility index (Phi) is 5.36. The minimum Gasteiger partial charge on any atom is -0.332 e. The van der Waals surface area contributed by atoms with Crippen LogP contribution in [0.1, 0.15) is 17.2 Å². The third-order valence-electron chi connectivity index (χ3n) is 4.70. The molecule has 0 saturated carbocycles. The van der Waals surface area contributed by atoms with Crippen LogP contribution in [0.3, 0.4) is 0 Å². The minimum atomic E-state index is -4.57. The summed E-state index contributed by atoms with van der Waals surface area (Å²) in [4.78, 5) is 28.5. The summed E-state index contributed by atoms with van der Waals surface area (Å²) in [7, 11) is 1.95. The molecule has 1 aliphatic heterocycles. The van der Waals surface area contributed by atoms with E-state index in [0.29, 0.717) is 25.8 Å². The molecule has 0 radical (unpaired) electrons. The number of amides is 1. The number of nitrogens with zero attached hydrogens (tertiary/aromatic N) is 3. The van der Waals surface area contributed by atoms with Gasteiger partial charge in [-0.2, -0.15) is 13.2 Å². The second-order valence-corrected chi connectivity index (χ2v) is 6.66. The van der Waals surface area contributed by atoms with Crippen molar-refractivity contribution >= 4 is 5.91 Å². The lowest BCUT2D eigenvalue weighted by Gasteiger charge is -2.40. The van der Waals surface area contributed by atoms with Gasteiger partial charge >= 0.3 is 6.18 Å². The number of benzene rings is 1. The van der Waals surface area contributed by atoms with Gasteiger partial charge in [-0.05, 0) is 18.7 Å². The Balaban J connectivity index is 1.85. The van der Waals surface area contributed by atoms with Crippen LogP contribution < -0.4 is 5.56 Å². The van der Waals surface area contributed by atoms with Crippen LogP contribution in [0, 0.1) is 0 Å². The highest BCUT2D eigenvalue weighted by Crippen LogP contribution is 2.28. The molecule has 2 aromatic rings. The number of likely N-dealkylation sites (N-methyl/N-ethyl adjacent to an activating group) is 1. The van der Waals surface area contributed by atoms with Gasteiger partial charge in [-0.1, -0.05) is 30.3 Å². The van der Waals surface area contributed by atoms with Gasteiger partial charge in [0.25, 0.3) is 5.56 Å². The van der Waals surface area contributed by atoms with Gasteiger partial charge in [0.05, 0.1) is 11.6 Å². The Morgan fingerprint density at radius 1 is 1.11 bits per heavy atom. The average Bonchev–Trinajstić information content (AvgIpc) is 2.63. The molecule has 0 bridgehead atoms. The number of rotatable bonds is 3. The summed E-state index contributed by atoms with van der Waals surface area (Å²) in [5.74, 6) is -0.377. The first-order valence-electron chi connectivity index (χ1n) is 8.56. The first-order valence-corrected chi connectivity index (χ1v) is 8.56. The molecule has 0 N–H and O–H groups in total. The number of alkyl halides is 3. The predicted octanol–water partition coefficient (Wildman–Crippen LogP) is 2.38. The van der Waals surface area contributed by atoms with Gasteiger partial charge in [-0.25, -0.2) is 0 Å². The van der Waals surface area contributed by atoms with E-state index in [1.165, 1.54) is 0 Å². The molecule has 0 aliphatic carbocycles. The summed E-state index contributed by atoms with van der Waals surface area (Å²) >= 11 is 0. The van der Waals surface area contributed by atoms with Crippen LogP contribution in [0.5, 0.6) is 0 Å². The largest absolute Gasteiger partial charge is 0.417 e. The summed E-state index contributed by atoms with van der Waals surface area (Å²) in [5.41, 5.74) is -0.636. The normalized spacial score (nSPS) is 18.5. The van der Waals surface area contributed by atoms with E-state index in [0.717, 1.165) is 22.3 Å². The van der Waals surface area contributed by atoms with Crippen LogP contribution in [0.25, 0.3) is 0 Å². The molecule has 1 aliphatic rings. The molecule has 1 fully saturated rings. The molecule has 3 rings (SSSR count). The van der Waals surface area contributed by atoms with Crippen molar-refractivity contribution in [3.8, 4) is 0 Å². The van der Waals surface area contributed by atoms with Crippen LogP contribution in [-0.2, 0) is 17.5 Å². The van der Waals surface area contributed by atoms with Crippen molar-refractivity contribution in [2.45, 2.75) is 18.8 Å². The maximum Gasteiger partial charge on any atom is 0.417 e. The van der Waals surface area contributed by atoms with Crippen LogP contribution in [0.2, 0.25) is 0 Å². The third-order valence-corrected chi connectivity index (χ3v) is 4.70. The summed E-state index contributed by atoms with van der Waals surface area (Å²) < 4.78 is 39.5. The first kappa shape index (κ1) is 19.2. The van der Waals surface area contributed by atoms with Crippen molar-refractivity contribution in [2.24, 2.45) is 0 Å². The zero-order chi connectivity index (χ0) is 19.6. The van der Waals surface area contributed by atoms with Crippen molar-refractivity contribution in [1.29, 1.82) is 0 Å². The molecule has 8 heteroatoms. The number of carbonyl (C=O) groups excluding carboxylic acids is 1. The predicted molar refractivity (Wildman–Crippen MR) is 94.1 cm³/mol. The van der Waals surface area contributed by atoms with Crippen molar-refractivity contribution < 1.29 is 18.0 Å². The van der Waals surface area contributed by atoms with E-state index >= 15 is 0 Å². The molecule has 2 heterocycles. The summed E-state index contributed by atoms with van der Waals surface area (Å²) in [5, 5.41) is 0. The number of carbonyl (C=O) groups is 1. The van der Waals surface area contributed by atoms with Crippen LogP contribution >= 0.6 is 0 Å². The molecule has 1 amide bonds. The molecular formula is C19H20F3N3O2. The quantitative estimate of drug-likeness (QED) is 0.823. The zero-order valence-electron chi connectivity index (χ0n) is 14.8. The van der Waals surface area contributed by atoms with Gasteiger partial charge in [0, 0.05) is 31.9 Å². The summed E-state index contributed by atoms with van der Waals surface area (Å²) in [6.45, 7) is 1.30. The number of pyridine rings is 1. The second kappa shape index (κ2) is 7.56. The van der Waals surface area contributed by atoms with E-state index < -0.39 is 23.8 Å². The maximum atomic E-state index is 12.9. The molecule has 1 unspecified atom stereocenters. The monoisotopic (exact) mass is 379 g/mol. The van der Waals surface area contributed by atoms with Gasteiger partial charge < -0.3 is 14.4 Å². The number of piperazine rings is 1. The summed E-state index contributed by atoms with van der Waals surface area (Å²) in [6, 6.07) is 10.8. The Labute approximate surface area is 154 Å². The highest BCUT2D eigenvalue weighted by atomic mass is 19.4. The van der Waals surface area contributed by atoms with E-state index in [2.05, 4.69) is 4.90 Å². The van der Waals surface area contributed by atoms with Gasteiger partial charge in [0.15, 0.2) is 0 Å². The van der Waals surface area contributed by atoms with E-state index in [-0.39, 0.29) is 11.9 Å². The first-order chi connectivity index (χ1) is 12.8. The molecule has 1 aromatic carbocycles. The molecule has 27 heavy (non-hydrogen) atoms. The Bertz CT molecular complexity index is 864. The van der Waals surface area contributed by atoms with E-state index in [1.807, 2.05) is 37.4 Å².